The van der Waals surface area contributed by atoms with Crippen LogP contribution >= 0.6 is 0 Å². The molecule has 1 atom stereocenters. The Morgan fingerprint density at radius 3 is 2.48 bits per heavy atom. The van der Waals surface area contributed by atoms with E-state index in [2.05, 4.69) is 10.3 Å². The molecular formula is C13H16F3N3OS. The number of hydrogen-bond donors (Lipinski definition) is 2. The minimum atomic E-state index is -5.06. The van der Waals surface area contributed by atoms with Gasteiger partial charge in [0.15, 0.2) is 9.73 Å². The van der Waals surface area contributed by atoms with Crippen LogP contribution in [0.5, 0.6) is 0 Å². The summed E-state index contributed by atoms with van der Waals surface area (Å²) in [5.74, 6) is 0.522. The van der Waals surface area contributed by atoms with Crippen LogP contribution < -0.4 is 5.32 Å². The van der Waals surface area contributed by atoms with Crippen molar-refractivity contribution < 1.29 is 17.4 Å². The van der Waals surface area contributed by atoms with Gasteiger partial charge in [0.2, 0.25) is 0 Å². The standard InChI is InChI=1S/C13H16F3N3OS/c14-13(15,16)21(17,20)11-2-1-10(19-6-11)3-9-4-12(5-9)7-18-8-12/h1-2,6,9,17-18H,3-5,7-8H2. The van der Waals surface area contributed by atoms with Crippen LogP contribution in [-0.2, 0) is 16.1 Å². The Morgan fingerprint density at radius 1 is 1.38 bits per heavy atom. The zero-order valence-electron chi connectivity index (χ0n) is 11.2. The van der Waals surface area contributed by atoms with Crippen molar-refractivity contribution in [1.82, 2.24) is 10.3 Å². The Bertz CT molecular complexity index is 628. The van der Waals surface area contributed by atoms with Crippen LogP contribution in [0.4, 0.5) is 13.2 Å². The first-order chi connectivity index (χ1) is 9.72. The fourth-order valence-corrected chi connectivity index (χ4v) is 3.94. The molecule has 2 fully saturated rings. The molecule has 2 heterocycles. The molecule has 1 aromatic rings. The van der Waals surface area contributed by atoms with E-state index in [1.165, 1.54) is 6.07 Å². The van der Waals surface area contributed by atoms with Crippen LogP contribution in [0.2, 0.25) is 0 Å². The molecule has 0 aromatic carbocycles. The van der Waals surface area contributed by atoms with Crippen molar-refractivity contribution >= 4 is 9.73 Å². The molecule has 0 amide bonds. The molecule has 116 valence electrons. The molecule has 2 aliphatic rings. The van der Waals surface area contributed by atoms with E-state index in [-0.39, 0.29) is 0 Å². The Labute approximate surface area is 121 Å². The van der Waals surface area contributed by atoms with E-state index in [0.717, 1.165) is 44.6 Å². The maximum absolute atomic E-state index is 12.5. The molecule has 1 aliphatic carbocycles. The van der Waals surface area contributed by atoms with E-state index in [0.29, 0.717) is 17.0 Å². The van der Waals surface area contributed by atoms with E-state index in [9.17, 15) is 17.4 Å². The maximum atomic E-state index is 12.5. The Kier molecular flexibility index (Phi) is 3.29. The van der Waals surface area contributed by atoms with Gasteiger partial charge in [-0.3, -0.25) is 4.98 Å². The lowest BCUT2D eigenvalue weighted by molar-refractivity contribution is -0.0407. The minimum absolute atomic E-state index is 0.455. The average Bonchev–Trinajstić information content (AvgIpc) is 2.30. The third-order valence-electron chi connectivity index (χ3n) is 4.40. The molecule has 1 saturated carbocycles. The van der Waals surface area contributed by atoms with E-state index < -0.39 is 20.1 Å². The van der Waals surface area contributed by atoms with Gasteiger partial charge in [0.25, 0.3) is 0 Å². The Morgan fingerprint density at radius 2 is 2.05 bits per heavy atom. The van der Waals surface area contributed by atoms with Crippen molar-refractivity contribution in [2.45, 2.75) is 29.7 Å². The van der Waals surface area contributed by atoms with Crippen LogP contribution in [0, 0.1) is 16.1 Å². The molecule has 1 spiro atoms. The molecule has 0 bridgehead atoms. The molecule has 2 N–H and O–H groups in total. The highest BCUT2D eigenvalue weighted by Crippen LogP contribution is 2.49. The topological polar surface area (TPSA) is 65.8 Å². The van der Waals surface area contributed by atoms with Gasteiger partial charge >= 0.3 is 5.51 Å². The number of pyridine rings is 1. The summed E-state index contributed by atoms with van der Waals surface area (Å²) in [5.41, 5.74) is -3.91. The van der Waals surface area contributed by atoms with Gasteiger partial charge in [0.1, 0.15) is 0 Å². The van der Waals surface area contributed by atoms with Crippen LogP contribution in [0.3, 0.4) is 0 Å². The lowest BCUT2D eigenvalue weighted by Gasteiger charge is -2.54. The first-order valence-electron chi connectivity index (χ1n) is 6.73. The summed E-state index contributed by atoms with van der Waals surface area (Å²) in [5, 5.41) is 3.25. The average molecular weight is 319 g/mol. The largest absolute Gasteiger partial charge is 0.483 e. The van der Waals surface area contributed by atoms with Crippen molar-refractivity contribution in [2.75, 3.05) is 13.1 Å². The molecular weight excluding hydrogens is 303 g/mol. The third-order valence-corrected chi connectivity index (χ3v) is 5.95. The normalized spacial score (nSPS) is 24.1. The van der Waals surface area contributed by atoms with Crippen LogP contribution in [-0.4, -0.2) is 27.8 Å². The molecule has 1 unspecified atom stereocenters. The highest BCUT2D eigenvalue weighted by molar-refractivity contribution is 7.93. The van der Waals surface area contributed by atoms with Gasteiger partial charge in [-0.25, -0.2) is 8.99 Å². The van der Waals surface area contributed by atoms with Crippen molar-refractivity contribution in [3.05, 3.63) is 24.0 Å². The van der Waals surface area contributed by atoms with Crippen molar-refractivity contribution in [3.8, 4) is 0 Å². The first-order valence-corrected chi connectivity index (χ1v) is 8.28. The second kappa shape index (κ2) is 4.67. The van der Waals surface area contributed by atoms with Crippen LogP contribution in [0.1, 0.15) is 18.5 Å². The number of rotatable bonds is 3. The minimum Gasteiger partial charge on any atom is -0.316 e. The molecule has 3 rings (SSSR count). The number of nitrogens with zero attached hydrogens (tertiary/aromatic N) is 1. The Hall–Kier alpha value is -1.15. The van der Waals surface area contributed by atoms with Crippen LogP contribution in [0.25, 0.3) is 0 Å². The number of nitrogens with one attached hydrogen (secondary N) is 2. The second-order valence-electron chi connectivity index (χ2n) is 6.07. The molecule has 1 aliphatic heterocycles. The fourth-order valence-electron chi connectivity index (χ4n) is 3.21. The van der Waals surface area contributed by atoms with Crippen molar-refractivity contribution in [3.63, 3.8) is 0 Å². The van der Waals surface area contributed by atoms with Gasteiger partial charge in [-0.1, -0.05) is 0 Å². The van der Waals surface area contributed by atoms with Gasteiger partial charge in [0.05, 0.1) is 4.90 Å². The number of hydrogen-bond acceptors (Lipinski definition) is 4. The van der Waals surface area contributed by atoms with E-state index in [1.54, 1.807) is 0 Å². The Balaban J connectivity index is 1.65. The molecule has 21 heavy (non-hydrogen) atoms. The van der Waals surface area contributed by atoms with Crippen LogP contribution in [0.15, 0.2) is 23.2 Å². The summed E-state index contributed by atoms with van der Waals surface area (Å²) in [4.78, 5) is 3.38. The molecule has 8 heteroatoms. The SMILES string of the molecule is N=S(=O)(c1ccc(CC2CC3(CNC3)C2)nc1)C(F)(F)F. The van der Waals surface area contributed by atoms with E-state index in [1.807, 2.05) is 0 Å². The van der Waals surface area contributed by atoms with Crippen molar-refractivity contribution in [1.29, 1.82) is 4.78 Å². The van der Waals surface area contributed by atoms with Gasteiger partial charge in [-0.15, -0.1) is 0 Å². The molecule has 1 saturated heterocycles. The van der Waals surface area contributed by atoms with Gasteiger partial charge in [-0.05, 0) is 42.7 Å². The highest BCUT2D eigenvalue weighted by atomic mass is 32.2. The first kappa shape index (κ1) is 14.8. The second-order valence-corrected chi connectivity index (χ2v) is 8.12. The smallest absolute Gasteiger partial charge is 0.316 e. The predicted octanol–water partition coefficient (Wildman–Crippen LogP) is 2.55. The van der Waals surface area contributed by atoms with Gasteiger partial charge in [0, 0.05) is 25.0 Å². The monoisotopic (exact) mass is 319 g/mol. The van der Waals surface area contributed by atoms with E-state index >= 15 is 0 Å². The summed E-state index contributed by atoms with van der Waals surface area (Å²) >= 11 is 0. The van der Waals surface area contributed by atoms with E-state index in [4.69, 9.17) is 4.78 Å². The summed E-state index contributed by atoms with van der Waals surface area (Å²) in [6, 6.07) is 2.57. The summed E-state index contributed by atoms with van der Waals surface area (Å²) < 4.78 is 56.0. The summed E-state index contributed by atoms with van der Waals surface area (Å²) in [7, 11) is -4.80. The van der Waals surface area contributed by atoms with Gasteiger partial charge < -0.3 is 5.32 Å². The van der Waals surface area contributed by atoms with Crippen molar-refractivity contribution in [2.24, 2.45) is 11.3 Å². The third kappa shape index (κ3) is 2.55. The van der Waals surface area contributed by atoms with Gasteiger partial charge in [-0.2, -0.15) is 13.2 Å². The molecule has 0 radical (unpaired) electrons. The summed E-state index contributed by atoms with van der Waals surface area (Å²) in [6.45, 7) is 2.12. The molecule has 1 aromatic heterocycles. The fraction of sp³-hybridized carbons (Fsp3) is 0.615. The number of alkyl halides is 3. The molecule has 4 nitrogen and oxygen atoms in total. The highest BCUT2D eigenvalue weighted by Gasteiger charge is 2.48. The summed E-state index contributed by atoms with van der Waals surface area (Å²) in [6.07, 6.45) is 3.91. The number of halogens is 3. The lowest BCUT2D eigenvalue weighted by atomic mass is 9.57. The number of aromatic nitrogens is 1. The maximum Gasteiger partial charge on any atom is 0.483 e. The lowest BCUT2D eigenvalue weighted by Crippen LogP contribution is -2.60. The zero-order valence-corrected chi connectivity index (χ0v) is 12.1. The predicted molar refractivity (Wildman–Crippen MR) is 71.2 cm³/mol. The zero-order chi connectivity index (χ0) is 15.3. The quantitative estimate of drug-likeness (QED) is 0.900.